The van der Waals surface area contributed by atoms with E-state index in [1.807, 2.05) is 19.1 Å². The van der Waals surface area contributed by atoms with Gasteiger partial charge in [0.05, 0.1) is 6.04 Å². The fraction of sp³-hybridized carbons (Fsp3) is 0.353. The molecule has 1 atom stereocenters. The Labute approximate surface area is 135 Å². The lowest BCUT2D eigenvalue weighted by Gasteiger charge is -2.15. The molecule has 0 fully saturated rings. The van der Waals surface area contributed by atoms with Crippen LogP contribution < -0.4 is 5.32 Å². The molecule has 122 valence electrons. The van der Waals surface area contributed by atoms with Crippen LogP contribution in [0, 0.1) is 0 Å². The first-order chi connectivity index (χ1) is 11.0. The van der Waals surface area contributed by atoms with Crippen molar-refractivity contribution in [1.82, 2.24) is 15.1 Å². The van der Waals surface area contributed by atoms with Crippen molar-refractivity contribution in [2.45, 2.75) is 39.3 Å². The van der Waals surface area contributed by atoms with E-state index in [9.17, 15) is 9.59 Å². The predicted molar refractivity (Wildman–Crippen MR) is 86.2 cm³/mol. The number of rotatable bonds is 7. The molecule has 0 saturated carbocycles. The molecule has 2 rings (SSSR count). The quantitative estimate of drug-likeness (QED) is 0.822. The van der Waals surface area contributed by atoms with E-state index in [1.54, 1.807) is 0 Å². The minimum Gasteiger partial charge on any atom is -0.480 e. The van der Waals surface area contributed by atoms with Gasteiger partial charge in [-0.15, -0.1) is 0 Å². The summed E-state index contributed by atoms with van der Waals surface area (Å²) >= 11 is 0. The molecule has 1 aromatic carbocycles. The van der Waals surface area contributed by atoms with E-state index < -0.39 is 5.97 Å². The number of nitrogens with zero attached hydrogens (tertiary/aromatic N) is 2. The number of amides is 1. The third kappa shape index (κ3) is 4.42. The fourth-order valence-electron chi connectivity index (χ4n) is 2.40. The molecule has 0 saturated heterocycles. The molecule has 0 radical (unpaired) electrons. The second kappa shape index (κ2) is 7.58. The molecular weight excluding hydrogens is 294 g/mol. The van der Waals surface area contributed by atoms with Crippen molar-refractivity contribution >= 4 is 11.9 Å². The van der Waals surface area contributed by atoms with E-state index in [2.05, 4.69) is 29.5 Å². The van der Waals surface area contributed by atoms with Crippen LogP contribution in [0.4, 0.5) is 0 Å². The predicted octanol–water partition coefficient (Wildman–Crippen LogP) is 2.41. The van der Waals surface area contributed by atoms with E-state index in [4.69, 9.17) is 5.11 Å². The van der Waals surface area contributed by atoms with Crippen LogP contribution in [0.5, 0.6) is 0 Å². The summed E-state index contributed by atoms with van der Waals surface area (Å²) in [5.74, 6) is -1.38. The van der Waals surface area contributed by atoms with Gasteiger partial charge < -0.3 is 10.4 Å². The van der Waals surface area contributed by atoms with E-state index in [-0.39, 0.29) is 24.2 Å². The van der Waals surface area contributed by atoms with Gasteiger partial charge in [-0.25, -0.2) is 4.68 Å². The average molecular weight is 315 g/mol. The van der Waals surface area contributed by atoms with Crippen molar-refractivity contribution in [3.63, 3.8) is 0 Å². The van der Waals surface area contributed by atoms with Gasteiger partial charge in [-0.3, -0.25) is 9.59 Å². The maximum absolute atomic E-state index is 12.3. The molecule has 1 aromatic heterocycles. The SMILES string of the molecule is CCCc1ccc(C(C)NC(=O)c2ccnn2CC(=O)O)cc1. The largest absolute Gasteiger partial charge is 0.480 e. The van der Waals surface area contributed by atoms with Crippen molar-refractivity contribution < 1.29 is 14.7 Å². The van der Waals surface area contributed by atoms with Crippen LogP contribution in [-0.4, -0.2) is 26.8 Å². The zero-order chi connectivity index (χ0) is 16.8. The highest BCUT2D eigenvalue weighted by molar-refractivity contribution is 5.93. The summed E-state index contributed by atoms with van der Waals surface area (Å²) in [5.41, 5.74) is 2.51. The minimum atomic E-state index is -1.04. The zero-order valence-electron chi connectivity index (χ0n) is 13.3. The number of carbonyl (C=O) groups excluding carboxylic acids is 1. The van der Waals surface area contributed by atoms with Gasteiger partial charge in [-0.05, 0) is 30.5 Å². The molecule has 2 N–H and O–H groups in total. The molecule has 0 bridgehead atoms. The molecule has 0 aliphatic rings. The van der Waals surface area contributed by atoms with Crippen LogP contribution >= 0.6 is 0 Å². The van der Waals surface area contributed by atoms with Crippen molar-refractivity contribution in [2.75, 3.05) is 0 Å². The lowest BCUT2D eigenvalue weighted by molar-refractivity contribution is -0.137. The Morgan fingerprint density at radius 1 is 1.26 bits per heavy atom. The number of carboxylic acids is 1. The van der Waals surface area contributed by atoms with Crippen molar-refractivity contribution in [3.8, 4) is 0 Å². The normalized spacial score (nSPS) is 11.9. The summed E-state index contributed by atoms with van der Waals surface area (Å²) in [5, 5.41) is 15.6. The maximum Gasteiger partial charge on any atom is 0.325 e. The molecule has 2 aromatic rings. The molecule has 0 spiro atoms. The lowest BCUT2D eigenvalue weighted by Crippen LogP contribution is -2.29. The molecular formula is C17H21N3O3. The van der Waals surface area contributed by atoms with Gasteiger partial charge in [0.25, 0.3) is 5.91 Å². The molecule has 0 aliphatic carbocycles. The van der Waals surface area contributed by atoms with Gasteiger partial charge in [0.2, 0.25) is 0 Å². The topological polar surface area (TPSA) is 84.2 Å². The van der Waals surface area contributed by atoms with Gasteiger partial charge in [0, 0.05) is 6.20 Å². The summed E-state index contributed by atoms with van der Waals surface area (Å²) in [6.07, 6.45) is 3.55. The Bertz CT molecular complexity index is 677. The maximum atomic E-state index is 12.3. The van der Waals surface area contributed by atoms with Gasteiger partial charge in [-0.1, -0.05) is 37.6 Å². The van der Waals surface area contributed by atoms with Gasteiger partial charge >= 0.3 is 5.97 Å². The number of hydrogen-bond donors (Lipinski definition) is 2. The highest BCUT2D eigenvalue weighted by Gasteiger charge is 2.16. The van der Waals surface area contributed by atoms with E-state index in [0.29, 0.717) is 0 Å². The molecule has 0 aliphatic heterocycles. The average Bonchev–Trinajstić information content (AvgIpc) is 2.95. The third-order valence-electron chi connectivity index (χ3n) is 3.60. The van der Waals surface area contributed by atoms with Crippen molar-refractivity contribution in [2.24, 2.45) is 0 Å². The number of hydrogen-bond acceptors (Lipinski definition) is 3. The summed E-state index contributed by atoms with van der Waals surface area (Å²) < 4.78 is 1.18. The van der Waals surface area contributed by atoms with Crippen LogP contribution in [-0.2, 0) is 17.8 Å². The smallest absolute Gasteiger partial charge is 0.325 e. The summed E-state index contributed by atoms with van der Waals surface area (Å²) in [6.45, 7) is 3.69. The summed E-state index contributed by atoms with van der Waals surface area (Å²) in [6, 6.07) is 9.47. The number of aliphatic carboxylic acids is 1. The second-order valence-electron chi connectivity index (χ2n) is 5.45. The van der Waals surface area contributed by atoms with E-state index in [1.165, 1.54) is 22.5 Å². The lowest BCUT2D eigenvalue weighted by atomic mass is 10.0. The number of carboxylic acid groups (broad SMARTS) is 1. The molecule has 23 heavy (non-hydrogen) atoms. The first kappa shape index (κ1) is 16.7. The summed E-state index contributed by atoms with van der Waals surface area (Å²) in [4.78, 5) is 23.1. The zero-order valence-corrected chi connectivity index (χ0v) is 13.3. The second-order valence-corrected chi connectivity index (χ2v) is 5.45. The number of carbonyl (C=O) groups is 2. The Kier molecular flexibility index (Phi) is 5.51. The monoisotopic (exact) mass is 315 g/mol. The molecule has 1 heterocycles. The van der Waals surface area contributed by atoms with E-state index in [0.717, 1.165) is 18.4 Å². The molecule has 6 nitrogen and oxygen atoms in total. The van der Waals surface area contributed by atoms with Gasteiger partial charge in [0.1, 0.15) is 12.2 Å². The van der Waals surface area contributed by atoms with Crippen LogP contribution in [0.1, 0.15) is 47.9 Å². The Balaban J connectivity index is 2.04. The Morgan fingerprint density at radius 2 is 1.96 bits per heavy atom. The fourth-order valence-corrected chi connectivity index (χ4v) is 2.40. The molecule has 1 unspecified atom stereocenters. The third-order valence-corrected chi connectivity index (χ3v) is 3.60. The highest BCUT2D eigenvalue weighted by atomic mass is 16.4. The van der Waals surface area contributed by atoms with Gasteiger partial charge in [-0.2, -0.15) is 5.10 Å². The first-order valence-corrected chi connectivity index (χ1v) is 7.64. The number of nitrogens with one attached hydrogen (secondary N) is 1. The highest BCUT2D eigenvalue weighted by Crippen LogP contribution is 2.15. The van der Waals surface area contributed by atoms with Crippen LogP contribution in [0.2, 0.25) is 0 Å². The number of benzene rings is 1. The van der Waals surface area contributed by atoms with E-state index >= 15 is 0 Å². The minimum absolute atomic E-state index is 0.175. The van der Waals surface area contributed by atoms with Gasteiger partial charge in [0.15, 0.2) is 0 Å². The van der Waals surface area contributed by atoms with Crippen molar-refractivity contribution in [3.05, 3.63) is 53.3 Å². The standard InChI is InChI=1S/C17H21N3O3/c1-3-4-13-5-7-14(8-6-13)12(2)19-17(23)15-9-10-18-20(15)11-16(21)22/h5-10,12H,3-4,11H2,1-2H3,(H,19,23)(H,21,22). The van der Waals surface area contributed by atoms with Crippen molar-refractivity contribution in [1.29, 1.82) is 0 Å². The van der Waals surface area contributed by atoms with Crippen LogP contribution in [0.25, 0.3) is 0 Å². The summed E-state index contributed by atoms with van der Waals surface area (Å²) in [7, 11) is 0. The number of aromatic nitrogens is 2. The Hall–Kier alpha value is -2.63. The van der Waals surface area contributed by atoms with Crippen LogP contribution in [0.3, 0.4) is 0 Å². The molecule has 1 amide bonds. The first-order valence-electron chi connectivity index (χ1n) is 7.64. The number of aryl methyl sites for hydroxylation is 1. The Morgan fingerprint density at radius 3 is 2.57 bits per heavy atom. The molecule has 6 heteroatoms. The van der Waals surface area contributed by atoms with Crippen LogP contribution in [0.15, 0.2) is 36.5 Å².